The third-order valence-corrected chi connectivity index (χ3v) is 4.94. The highest BCUT2D eigenvalue weighted by molar-refractivity contribution is 8.02. The highest BCUT2D eigenvalue weighted by Gasteiger charge is 2.61. The van der Waals surface area contributed by atoms with Crippen LogP contribution in [0.1, 0.15) is 27.7 Å². The van der Waals surface area contributed by atoms with Gasteiger partial charge in [0.15, 0.2) is 5.78 Å². The fraction of sp³-hybridized carbons (Fsp3) is 0.786. The van der Waals surface area contributed by atoms with Crippen molar-refractivity contribution in [3.8, 4) is 0 Å². The minimum Gasteiger partial charge on any atom is -0.465 e. The molecule has 0 aromatic rings. The predicted octanol–water partition coefficient (Wildman–Crippen LogP) is 1.47. The molecule has 118 valence electrons. The number of ether oxygens (including phenoxy) is 2. The van der Waals surface area contributed by atoms with Gasteiger partial charge in [-0.25, -0.2) is 4.79 Å². The number of carbonyl (C=O) groups excluding carboxylic acids is 3. The highest BCUT2D eigenvalue weighted by Crippen LogP contribution is 2.48. The Bertz CT molecular complexity index is 464. The Morgan fingerprint density at radius 1 is 1.38 bits per heavy atom. The second-order valence-electron chi connectivity index (χ2n) is 6.34. The molecule has 1 unspecified atom stereocenters. The first-order valence-corrected chi connectivity index (χ1v) is 7.98. The molecule has 1 spiro atoms. The van der Waals surface area contributed by atoms with Gasteiger partial charge in [-0.05, 0) is 27.7 Å². The van der Waals surface area contributed by atoms with E-state index in [9.17, 15) is 14.4 Å². The van der Waals surface area contributed by atoms with Crippen LogP contribution in [0.2, 0.25) is 0 Å². The van der Waals surface area contributed by atoms with Crippen molar-refractivity contribution >= 4 is 29.6 Å². The van der Waals surface area contributed by atoms with Gasteiger partial charge in [-0.1, -0.05) is 0 Å². The molecule has 6 nitrogen and oxygen atoms in total. The number of rotatable bonds is 2. The topological polar surface area (TPSA) is 72.9 Å². The largest absolute Gasteiger partial charge is 0.465 e. The van der Waals surface area contributed by atoms with E-state index >= 15 is 0 Å². The molecule has 0 bridgehead atoms. The fourth-order valence-corrected chi connectivity index (χ4v) is 4.06. The Morgan fingerprint density at radius 3 is 2.52 bits per heavy atom. The van der Waals surface area contributed by atoms with Crippen LogP contribution >= 0.6 is 11.8 Å². The summed E-state index contributed by atoms with van der Waals surface area (Å²) in [6.45, 7) is 8.06. The molecule has 2 rings (SSSR count). The lowest BCUT2D eigenvalue weighted by atomic mass is 9.83. The van der Waals surface area contributed by atoms with Crippen LogP contribution in [0.25, 0.3) is 0 Å². The van der Waals surface area contributed by atoms with E-state index in [-0.39, 0.29) is 12.4 Å². The third kappa shape index (κ3) is 3.17. The van der Waals surface area contributed by atoms with Gasteiger partial charge in [0.05, 0.1) is 17.1 Å². The van der Waals surface area contributed by atoms with Crippen molar-refractivity contribution in [3.63, 3.8) is 0 Å². The zero-order valence-corrected chi connectivity index (χ0v) is 13.6. The summed E-state index contributed by atoms with van der Waals surface area (Å²) >= 11 is 1.44. The third-order valence-electron chi connectivity index (χ3n) is 3.44. The van der Waals surface area contributed by atoms with Gasteiger partial charge in [-0.3, -0.25) is 9.59 Å². The number of likely N-dealkylation sites (tertiary alicyclic amines) is 1. The molecule has 0 radical (unpaired) electrons. The number of amides is 1. The van der Waals surface area contributed by atoms with E-state index in [1.165, 1.54) is 16.7 Å². The highest BCUT2D eigenvalue weighted by atomic mass is 32.2. The average Bonchev–Trinajstić information content (AvgIpc) is 2.62. The number of thioether (sulfide) groups is 1. The predicted molar refractivity (Wildman–Crippen MR) is 78.1 cm³/mol. The lowest BCUT2D eigenvalue weighted by Crippen LogP contribution is -2.66. The van der Waals surface area contributed by atoms with E-state index < -0.39 is 28.3 Å². The molecule has 2 aliphatic heterocycles. The molecule has 0 saturated carbocycles. The van der Waals surface area contributed by atoms with Crippen LogP contribution in [0.5, 0.6) is 0 Å². The van der Waals surface area contributed by atoms with E-state index in [2.05, 4.69) is 0 Å². The Kier molecular flexibility index (Phi) is 4.24. The van der Waals surface area contributed by atoms with Crippen molar-refractivity contribution in [1.82, 2.24) is 4.90 Å². The second-order valence-corrected chi connectivity index (χ2v) is 7.73. The van der Waals surface area contributed by atoms with E-state index in [1.54, 1.807) is 27.7 Å². The van der Waals surface area contributed by atoms with Gasteiger partial charge in [-0.2, -0.15) is 0 Å². The summed E-state index contributed by atoms with van der Waals surface area (Å²) in [5.41, 5.74) is -0.557. The molecule has 0 aromatic carbocycles. The first-order valence-electron chi connectivity index (χ1n) is 7.00. The zero-order chi connectivity index (χ0) is 15.8. The van der Waals surface area contributed by atoms with E-state index in [0.29, 0.717) is 18.8 Å². The first kappa shape index (κ1) is 16.1. The van der Waals surface area contributed by atoms with Crippen LogP contribution in [-0.2, 0) is 19.1 Å². The Hall–Kier alpha value is -1.24. The van der Waals surface area contributed by atoms with Gasteiger partial charge in [0.1, 0.15) is 11.5 Å². The monoisotopic (exact) mass is 315 g/mol. The maximum atomic E-state index is 12.0. The van der Waals surface area contributed by atoms with Crippen LogP contribution in [0.15, 0.2) is 0 Å². The van der Waals surface area contributed by atoms with Crippen LogP contribution in [0.4, 0.5) is 4.79 Å². The smallest absolute Gasteiger partial charge is 0.410 e. The van der Waals surface area contributed by atoms with Crippen molar-refractivity contribution < 1.29 is 23.9 Å². The zero-order valence-electron chi connectivity index (χ0n) is 12.8. The summed E-state index contributed by atoms with van der Waals surface area (Å²) < 4.78 is 9.76. The van der Waals surface area contributed by atoms with Crippen LogP contribution in [0, 0.1) is 5.92 Å². The van der Waals surface area contributed by atoms with E-state index in [1.807, 2.05) is 0 Å². The maximum absolute atomic E-state index is 12.0. The van der Waals surface area contributed by atoms with Crippen molar-refractivity contribution in [1.29, 1.82) is 0 Å². The molecule has 7 heteroatoms. The number of hydrogen-bond donors (Lipinski definition) is 0. The number of esters is 1. The molecule has 0 aliphatic carbocycles. The molecule has 2 heterocycles. The molecule has 2 saturated heterocycles. The molecular formula is C14H21NO5S. The minimum atomic E-state index is -0.763. The Labute approximate surface area is 128 Å². The van der Waals surface area contributed by atoms with Gasteiger partial charge >= 0.3 is 12.1 Å². The summed E-state index contributed by atoms with van der Waals surface area (Å²) in [5.74, 6) is -1.05. The van der Waals surface area contributed by atoms with E-state index in [4.69, 9.17) is 9.47 Å². The van der Waals surface area contributed by atoms with Crippen molar-refractivity contribution in [2.75, 3.05) is 25.4 Å². The quantitative estimate of drug-likeness (QED) is 0.567. The van der Waals surface area contributed by atoms with Crippen LogP contribution < -0.4 is 0 Å². The summed E-state index contributed by atoms with van der Waals surface area (Å²) in [6, 6.07) is 0. The number of nitrogens with zero attached hydrogens (tertiary/aromatic N) is 1. The lowest BCUT2D eigenvalue weighted by Gasteiger charge is -2.48. The molecule has 0 aromatic heterocycles. The van der Waals surface area contributed by atoms with Crippen molar-refractivity contribution in [2.24, 2.45) is 5.92 Å². The number of carbonyl (C=O) groups is 3. The van der Waals surface area contributed by atoms with Gasteiger partial charge in [0, 0.05) is 13.1 Å². The molecule has 1 amide bonds. The summed E-state index contributed by atoms with van der Waals surface area (Å²) in [7, 11) is 0. The molecule has 0 N–H and O–H groups in total. The average molecular weight is 315 g/mol. The van der Waals surface area contributed by atoms with Gasteiger partial charge < -0.3 is 14.4 Å². The van der Waals surface area contributed by atoms with Crippen molar-refractivity contribution in [2.45, 2.75) is 38.0 Å². The van der Waals surface area contributed by atoms with E-state index in [0.717, 1.165) is 0 Å². The van der Waals surface area contributed by atoms with Gasteiger partial charge in [0.2, 0.25) is 0 Å². The first-order chi connectivity index (χ1) is 9.68. The minimum absolute atomic E-state index is 0.109. The SMILES string of the molecule is CCOC(=O)C1C(=O)CSC12CN(C(=O)OC(C)(C)C)C2. The fourth-order valence-electron chi connectivity index (χ4n) is 2.58. The molecule has 1 atom stereocenters. The van der Waals surface area contributed by atoms with Crippen LogP contribution in [-0.4, -0.2) is 58.5 Å². The number of hydrogen-bond acceptors (Lipinski definition) is 6. The molecule has 2 fully saturated rings. The molecule has 21 heavy (non-hydrogen) atoms. The Morgan fingerprint density at radius 2 is 2.00 bits per heavy atom. The molecular weight excluding hydrogens is 294 g/mol. The summed E-state index contributed by atoms with van der Waals surface area (Å²) in [4.78, 5) is 37.4. The summed E-state index contributed by atoms with van der Waals surface area (Å²) in [6.07, 6.45) is -0.407. The lowest BCUT2D eigenvalue weighted by molar-refractivity contribution is -0.154. The number of Topliss-reactive ketones (excluding diaryl/α,β-unsaturated/α-hetero) is 1. The maximum Gasteiger partial charge on any atom is 0.410 e. The van der Waals surface area contributed by atoms with Gasteiger partial charge in [0.25, 0.3) is 0 Å². The normalized spacial score (nSPS) is 23.9. The second kappa shape index (κ2) is 5.51. The van der Waals surface area contributed by atoms with Gasteiger partial charge in [-0.15, -0.1) is 11.8 Å². The standard InChI is InChI=1S/C14H21NO5S/c1-5-19-11(17)10-9(16)6-21-14(10)7-15(8-14)12(18)20-13(2,3)4/h10H,5-8H2,1-4H3. The van der Waals surface area contributed by atoms with Crippen LogP contribution in [0.3, 0.4) is 0 Å². The summed E-state index contributed by atoms with van der Waals surface area (Å²) in [5, 5.41) is 0. The van der Waals surface area contributed by atoms with Crippen molar-refractivity contribution in [3.05, 3.63) is 0 Å². The Balaban J connectivity index is 2.01. The number of ketones is 1. The molecule has 2 aliphatic rings.